The number of hydrogen-bond acceptors (Lipinski definition) is 7. The summed E-state index contributed by atoms with van der Waals surface area (Å²) in [5.74, 6) is -0.0456. The monoisotopic (exact) mass is 577 g/mol. The van der Waals surface area contributed by atoms with Gasteiger partial charge >= 0.3 is 5.82 Å². The van der Waals surface area contributed by atoms with E-state index in [1.165, 1.54) is 10.7 Å². The zero-order valence-corrected chi connectivity index (χ0v) is 20.6. The summed E-state index contributed by atoms with van der Waals surface area (Å²) in [6.07, 6.45) is 1.76. The smallest absolute Gasteiger partial charge is 0.361 e. The number of hydrogen-bond donors (Lipinski definition) is 1. The number of nitrogens with one attached hydrogen (secondary N) is 1. The third-order valence-electron chi connectivity index (χ3n) is 4.87. The van der Waals surface area contributed by atoms with E-state index < -0.39 is 10.8 Å². The minimum Gasteiger partial charge on any atom is -0.361 e. The molecular formula is C20H17Br2N7O4. The van der Waals surface area contributed by atoms with Crippen LogP contribution in [0.15, 0.2) is 50.0 Å². The molecule has 1 amide bonds. The van der Waals surface area contributed by atoms with Crippen LogP contribution in [-0.2, 0) is 13.1 Å². The van der Waals surface area contributed by atoms with E-state index in [0.717, 1.165) is 10.0 Å². The molecule has 4 aromatic rings. The molecule has 0 spiro atoms. The first-order valence-electron chi connectivity index (χ1n) is 9.64. The number of rotatable bonds is 7. The first-order valence-corrected chi connectivity index (χ1v) is 11.2. The van der Waals surface area contributed by atoms with E-state index in [4.69, 9.17) is 4.52 Å². The first-order chi connectivity index (χ1) is 15.7. The quantitative estimate of drug-likeness (QED) is 0.252. The average molecular weight is 579 g/mol. The Balaban J connectivity index is 1.52. The molecule has 3 aromatic heterocycles. The van der Waals surface area contributed by atoms with Crippen molar-refractivity contribution >= 4 is 49.4 Å². The largest absolute Gasteiger partial charge is 0.390 e. The van der Waals surface area contributed by atoms with Gasteiger partial charge in [-0.1, -0.05) is 33.2 Å². The van der Waals surface area contributed by atoms with Gasteiger partial charge in [0.15, 0.2) is 11.5 Å². The van der Waals surface area contributed by atoms with E-state index in [0.29, 0.717) is 33.9 Å². The Morgan fingerprint density at radius 3 is 2.58 bits per heavy atom. The van der Waals surface area contributed by atoms with E-state index in [1.54, 1.807) is 24.7 Å². The van der Waals surface area contributed by atoms with Crippen LogP contribution in [0.2, 0.25) is 0 Å². The topological polar surface area (TPSA) is 134 Å². The molecule has 4 rings (SSSR count). The van der Waals surface area contributed by atoms with E-state index in [9.17, 15) is 14.9 Å². The summed E-state index contributed by atoms with van der Waals surface area (Å²) in [5.41, 5.74) is 2.14. The molecule has 170 valence electrons. The molecule has 0 aliphatic carbocycles. The fraction of sp³-hybridized carbons (Fsp3) is 0.200. The lowest BCUT2D eigenvalue weighted by Gasteiger charge is -2.04. The van der Waals surface area contributed by atoms with Crippen molar-refractivity contribution in [3.05, 3.63) is 83.9 Å². The van der Waals surface area contributed by atoms with Crippen molar-refractivity contribution < 1.29 is 14.2 Å². The van der Waals surface area contributed by atoms with Crippen LogP contribution in [0.4, 0.5) is 11.6 Å². The van der Waals surface area contributed by atoms with Crippen LogP contribution >= 0.6 is 31.9 Å². The summed E-state index contributed by atoms with van der Waals surface area (Å²) >= 11 is 6.83. The summed E-state index contributed by atoms with van der Waals surface area (Å²) < 4.78 is 9.93. The number of carbonyl (C=O) groups is 1. The Bertz CT molecular complexity index is 1340. The molecule has 0 aliphatic rings. The summed E-state index contributed by atoms with van der Waals surface area (Å²) in [6, 6.07) is 9.20. The summed E-state index contributed by atoms with van der Waals surface area (Å²) in [7, 11) is 0. The Hall–Kier alpha value is -3.32. The molecule has 0 unspecified atom stereocenters. The minimum atomic E-state index is -0.570. The third-order valence-corrected chi connectivity index (χ3v) is 5.98. The number of nitro groups is 1. The van der Waals surface area contributed by atoms with E-state index in [1.807, 2.05) is 24.3 Å². The second-order valence-electron chi connectivity index (χ2n) is 7.23. The summed E-state index contributed by atoms with van der Waals surface area (Å²) in [6.45, 7) is 3.97. The highest BCUT2D eigenvalue weighted by Gasteiger charge is 2.25. The van der Waals surface area contributed by atoms with Gasteiger partial charge in [0.1, 0.15) is 5.76 Å². The molecule has 0 saturated heterocycles. The van der Waals surface area contributed by atoms with Crippen LogP contribution in [-0.4, -0.2) is 35.5 Å². The van der Waals surface area contributed by atoms with Crippen molar-refractivity contribution in [1.82, 2.24) is 24.7 Å². The Morgan fingerprint density at radius 1 is 1.18 bits per heavy atom. The predicted octanol–water partition coefficient (Wildman–Crippen LogP) is 4.47. The maximum Gasteiger partial charge on any atom is 0.390 e. The lowest BCUT2D eigenvalue weighted by Crippen LogP contribution is -2.17. The molecule has 0 radical (unpaired) electrons. The summed E-state index contributed by atoms with van der Waals surface area (Å²) in [4.78, 5) is 23.4. The Kier molecular flexibility index (Phi) is 6.42. The number of halogens is 2. The molecule has 0 atom stereocenters. The zero-order chi connectivity index (χ0) is 23.7. The number of aromatic nitrogens is 5. The van der Waals surface area contributed by atoms with Gasteiger partial charge in [-0.25, -0.2) is 0 Å². The summed E-state index contributed by atoms with van der Waals surface area (Å²) in [5, 5.41) is 26.0. The van der Waals surface area contributed by atoms with Gasteiger partial charge in [0.05, 0.1) is 40.0 Å². The lowest BCUT2D eigenvalue weighted by atomic mass is 10.2. The van der Waals surface area contributed by atoms with Crippen LogP contribution in [0.1, 0.15) is 33.1 Å². The molecule has 1 N–H and O–H groups in total. The maximum atomic E-state index is 12.9. The minimum absolute atomic E-state index is 0.0550. The van der Waals surface area contributed by atoms with Crippen molar-refractivity contribution in [1.29, 1.82) is 0 Å². The van der Waals surface area contributed by atoms with Crippen LogP contribution in [0.5, 0.6) is 0 Å². The second kappa shape index (κ2) is 9.27. The third kappa shape index (κ3) is 5.03. The number of anilines is 1. The Labute approximate surface area is 204 Å². The van der Waals surface area contributed by atoms with Gasteiger partial charge in [-0.2, -0.15) is 9.78 Å². The van der Waals surface area contributed by atoms with E-state index in [2.05, 4.69) is 52.5 Å². The molecule has 33 heavy (non-hydrogen) atoms. The van der Waals surface area contributed by atoms with Crippen molar-refractivity contribution in [2.75, 3.05) is 5.32 Å². The molecule has 0 fully saturated rings. The highest BCUT2D eigenvalue weighted by molar-refractivity contribution is 9.10. The van der Waals surface area contributed by atoms with Crippen molar-refractivity contribution in [3.63, 3.8) is 0 Å². The number of carbonyl (C=O) groups excluding carboxylic acids is 1. The van der Waals surface area contributed by atoms with Crippen LogP contribution in [0.25, 0.3) is 0 Å². The normalized spacial score (nSPS) is 11.0. The van der Waals surface area contributed by atoms with Gasteiger partial charge in [-0.05, 0) is 52.4 Å². The van der Waals surface area contributed by atoms with Gasteiger partial charge in [0, 0.05) is 10.7 Å². The second-order valence-corrected chi connectivity index (χ2v) is 9.00. The average Bonchev–Trinajstić information content (AvgIpc) is 3.42. The maximum absolute atomic E-state index is 12.9. The van der Waals surface area contributed by atoms with Gasteiger partial charge < -0.3 is 20.0 Å². The number of amides is 1. The molecule has 0 bridgehead atoms. The van der Waals surface area contributed by atoms with Gasteiger partial charge in [-0.3, -0.25) is 9.48 Å². The van der Waals surface area contributed by atoms with Gasteiger partial charge in [0.2, 0.25) is 0 Å². The van der Waals surface area contributed by atoms with Crippen LogP contribution < -0.4 is 5.32 Å². The van der Waals surface area contributed by atoms with Gasteiger partial charge in [0.25, 0.3) is 5.91 Å². The standard InChI is InChI=1S/C20H17Br2N7O4/c1-11-7-17(29(31)32)24-28(11)9-15-12(2)33-26-18(15)20(30)23-19-16(22)10-27(25-19)8-13-3-5-14(21)6-4-13/h3-7,10H,8-9H2,1-2H3,(H,23,25,30). The van der Waals surface area contributed by atoms with Crippen molar-refractivity contribution in [2.45, 2.75) is 26.9 Å². The molecule has 0 aliphatic heterocycles. The first kappa shape index (κ1) is 22.9. The fourth-order valence-corrected chi connectivity index (χ4v) is 3.83. The fourth-order valence-electron chi connectivity index (χ4n) is 3.15. The molecule has 13 heteroatoms. The molecular weight excluding hydrogens is 562 g/mol. The van der Waals surface area contributed by atoms with E-state index in [-0.39, 0.29) is 18.1 Å². The zero-order valence-electron chi connectivity index (χ0n) is 17.5. The molecule has 0 saturated carbocycles. The van der Waals surface area contributed by atoms with E-state index >= 15 is 0 Å². The molecule has 3 heterocycles. The molecule has 1 aromatic carbocycles. The van der Waals surface area contributed by atoms with Crippen LogP contribution in [0.3, 0.4) is 0 Å². The number of benzene rings is 1. The van der Waals surface area contributed by atoms with Crippen molar-refractivity contribution in [2.24, 2.45) is 0 Å². The number of nitrogens with zero attached hydrogens (tertiary/aromatic N) is 6. The highest BCUT2D eigenvalue weighted by atomic mass is 79.9. The SMILES string of the molecule is Cc1onc(C(=O)Nc2nn(Cc3ccc(Br)cc3)cc2Br)c1Cn1nc([N+](=O)[O-])cc1C. The Morgan fingerprint density at radius 2 is 1.91 bits per heavy atom. The van der Waals surface area contributed by atoms with Crippen LogP contribution in [0, 0.1) is 24.0 Å². The van der Waals surface area contributed by atoms with Gasteiger partial charge in [-0.15, -0.1) is 0 Å². The number of aryl methyl sites for hydroxylation is 2. The highest BCUT2D eigenvalue weighted by Crippen LogP contribution is 2.24. The predicted molar refractivity (Wildman–Crippen MR) is 125 cm³/mol. The van der Waals surface area contributed by atoms with Crippen molar-refractivity contribution in [3.8, 4) is 0 Å². The lowest BCUT2D eigenvalue weighted by molar-refractivity contribution is -0.389. The molecule has 11 nitrogen and oxygen atoms in total.